The number of esters is 1. The van der Waals surface area contributed by atoms with Crippen molar-refractivity contribution in [3.63, 3.8) is 0 Å². The Morgan fingerprint density at radius 3 is 2.46 bits per heavy atom. The Bertz CT molecular complexity index is 1050. The standard InChI is InChI=1S/C30H41N3O6/c1-2-37-28(35)19-31-30(36)32-25-10-8-9-24(17-25)29-38-26(20-33-15-6-4-3-5-7-16-33)18-27(39-29)23-13-11-22(21-34)12-14-23/h8-14,17,26-27,29,34H,2-7,15-16,18-21H2,1H3,(H2,31,32,36)/t26-,27+,29+/m1/s1. The van der Waals surface area contributed by atoms with Crippen molar-refractivity contribution >= 4 is 17.7 Å². The Morgan fingerprint density at radius 1 is 1.00 bits per heavy atom. The SMILES string of the molecule is CCOC(=O)CNC(=O)Nc1cccc([C@H]2O[C@@H](CN3CCCCCCC3)C[C@@H](c3ccc(CO)cc3)O2)c1. The largest absolute Gasteiger partial charge is 0.465 e. The van der Waals surface area contributed by atoms with E-state index in [2.05, 4.69) is 15.5 Å². The third-order valence-corrected chi connectivity index (χ3v) is 7.14. The molecule has 0 spiro atoms. The van der Waals surface area contributed by atoms with Gasteiger partial charge in [-0.05, 0) is 56.1 Å². The van der Waals surface area contributed by atoms with Gasteiger partial charge in [0.05, 0.1) is 25.4 Å². The first-order valence-corrected chi connectivity index (χ1v) is 14.1. The highest BCUT2D eigenvalue weighted by Gasteiger charge is 2.33. The van der Waals surface area contributed by atoms with Crippen molar-refractivity contribution in [3.8, 4) is 0 Å². The first-order chi connectivity index (χ1) is 19.0. The molecule has 0 saturated carbocycles. The van der Waals surface area contributed by atoms with Crippen LogP contribution in [0.3, 0.4) is 0 Å². The van der Waals surface area contributed by atoms with E-state index in [9.17, 15) is 14.7 Å². The molecule has 0 radical (unpaired) electrons. The fourth-order valence-electron chi connectivity index (χ4n) is 5.12. The Balaban J connectivity index is 1.47. The van der Waals surface area contributed by atoms with Gasteiger partial charge in [-0.15, -0.1) is 0 Å². The lowest BCUT2D eigenvalue weighted by Gasteiger charge is -2.39. The third-order valence-electron chi connectivity index (χ3n) is 7.14. The molecule has 2 aromatic rings. The number of aliphatic hydroxyl groups excluding tert-OH is 1. The van der Waals surface area contributed by atoms with Crippen LogP contribution in [0.15, 0.2) is 48.5 Å². The predicted molar refractivity (Wildman–Crippen MR) is 148 cm³/mol. The summed E-state index contributed by atoms with van der Waals surface area (Å²) in [5, 5.41) is 14.7. The Hall–Kier alpha value is -2.98. The van der Waals surface area contributed by atoms with E-state index in [0.717, 1.165) is 42.7 Å². The summed E-state index contributed by atoms with van der Waals surface area (Å²) in [5.74, 6) is -0.491. The molecule has 9 heteroatoms. The molecule has 212 valence electrons. The molecule has 3 N–H and O–H groups in total. The van der Waals surface area contributed by atoms with Gasteiger partial charge in [-0.25, -0.2) is 4.79 Å². The van der Waals surface area contributed by atoms with Gasteiger partial charge in [0.1, 0.15) is 6.54 Å². The van der Waals surface area contributed by atoms with Crippen LogP contribution in [0.5, 0.6) is 0 Å². The molecule has 2 heterocycles. The van der Waals surface area contributed by atoms with Gasteiger partial charge in [-0.2, -0.15) is 0 Å². The fourth-order valence-corrected chi connectivity index (χ4v) is 5.12. The van der Waals surface area contributed by atoms with Gasteiger partial charge >= 0.3 is 12.0 Å². The lowest BCUT2D eigenvalue weighted by atomic mass is 9.99. The number of amides is 2. The number of hydrogen-bond donors (Lipinski definition) is 3. The number of hydrogen-bond acceptors (Lipinski definition) is 7. The number of nitrogens with zero attached hydrogens (tertiary/aromatic N) is 1. The number of urea groups is 1. The van der Waals surface area contributed by atoms with E-state index in [-0.39, 0.29) is 32.0 Å². The summed E-state index contributed by atoms with van der Waals surface area (Å²) in [7, 11) is 0. The van der Waals surface area contributed by atoms with E-state index in [0.29, 0.717) is 5.69 Å². The van der Waals surface area contributed by atoms with Crippen LogP contribution in [0, 0.1) is 0 Å². The van der Waals surface area contributed by atoms with Crippen LogP contribution >= 0.6 is 0 Å². The lowest BCUT2D eigenvalue weighted by molar-refractivity contribution is -0.253. The highest BCUT2D eigenvalue weighted by Crippen LogP contribution is 2.38. The van der Waals surface area contributed by atoms with Gasteiger partial charge in [0, 0.05) is 24.2 Å². The van der Waals surface area contributed by atoms with Crippen LogP contribution in [0.4, 0.5) is 10.5 Å². The minimum atomic E-state index is -0.606. The zero-order valence-electron chi connectivity index (χ0n) is 22.8. The summed E-state index contributed by atoms with van der Waals surface area (Å²) in [6, 6.07) is 14.8. The van der Waals surface area contributed by atoms with Gasteiger partial charge < -0.3 is 34.9 Å². The minimum absolute atomic E-state index is 0.00226. The van der Waals surface area contributed by atoms with Crippen LogP contribution < -0.4 is 10.6 Å². The van der Waals surface area contributed by atoms with Crippen molar-refractivity contribution in [3.05, 3.63) is 65.2 Å². The van der Waals surface area contributed by atoms with Crippen LogP contribution in [-0.2, 0) is 25.6 Å². The first kappa shape index (κ1) is 29.0. The molecule has 2 aliphatic rings. The van der Waals surface area contributed by atoms with Crippen molar-refractivity contribution < 1.29 is 28.9 Å². The Labute approximate surface area is 230 Å². The Kier molecular flexibility index (Phi) is 11.1. The third kappa shape index (κ3) is 9.03. The molecule has 0 unspecified atom stereocenters. The molecule has 2 aliphatic heterocycles. The van der Waals surface area contributed by atoms with E-state index in [4.69, 9.17) is 14.2 Å². The van der Waals surface area contributed by atoms with Crippen LogP contribution in [-0.4, -0.2) is 60.9 Å². The molecule has 9 nitrogen and oxygen atoms in total. The van der Waals surface area contributed by atoms with Gasteiger partial charge in [0.15, 0.2) is 6.29 Å². The topological polar surface area (TPSA) is 109 Å². The number of aliphatic hydroxyl groups is 1. The quantitative estimate of drug-likeness (QED) is 0.397. The summed E-state index contributed by atoms with van der Waals surface area (Å²) in [6.45, 7) is 4.79. The Morgan fingerprint density at radius 2 is 1.74 bits per heavy atom. The minimum Gasteiger partial charge on any atom is -0.465 e. The van der Waals surface area contributed by atoms with Crippen molar-refractivity contribution in [2.24, 2.45) is 0 Å². The highest BCUT2D eigenvalue weighted by atomic mass is 16.7. The van der Waals surface area contributed by atoms with Gasteiger partial charge in [-0.1, -0.05) is 55.7 Å². The molecule has 2 saturated heterocycles. The maximum atomic E-state index is 12.3. The van der Waals surface area contributed by atoms with E-state index in [1.807, 2.05) is 42.5 Å². The van der Waals surface area contributed by atoms with Crippen LogP contribution in [0.1, 0.15) is 74.5 Å². The lowest BCUT2D eigenvalue weighted by Crippen LogP contribution is -2.40. The molecule has 2 aromatic carbocycles. The second-order valence-electron chi connectivity index (χ2n) is 10.2. The maximum absolute atomic E-state index is 12.3. The summed E-state index contributed by atoms with van der Waals surface area (Å²) >= 11 is 0. The van der Waals surface area contributed by atoms with Crippen LogP contribution in [0.25, 0.3) is 0 Å². The fraction of sp³-hybridized carbons (Fsp3) is 0.533. The number of nitrogens with one attached hydrogen (secondary N) is 2. The van der Waals surface area contributed by atoms with Gasteiger partial charge in [0.25, 0.3) is 0 Å². The van der Waals surface area contributed by atoms with E-state index in [1.54, 1.807) is 13.0 Å². The molecule has 4 rings (SSSR count). The summed E-state index contributed by atoms with van der Waals surface area (Å²) in [5.41, 5.74) is 3.27. The number of ether oxygens (including phenoxy) is 3. The molecule has 0 aromatic heterocycles. The average molecular weight is 540 g/mol. The smallest absolute Gasteiger partial charge is 0.325 e. The number of anilines is 1. The number of benzene rings is 2. The zero-order valence-corrected chi connectivity index (χ0v) is 22.8. The second kappa shape index (κ2) is 15.0. The molecule has 2 amide bonds. The maximum Gasteiger partial charge on any atom is 0.325 e. The van der Waals surface area contributed by atoms with Crippen molar-refractivity contribution in [1.29, 1.82) is 0 Å². The van der Waals surface area contributed by atoms with Crippen LogP contribution in [0.2, 0.25) is 0 Å². The summed E-state index contributed by atoms with van der Waals surface area (Å²) < 4.78 is 17.8. The number of carbonyl (C=O) groups excluding carboxylic acids is 2. The molecule has 0 bridgehead atoms. The average Bonchev–Trinajstić information content (AvgIpc) is 2.93. The molecular weight excluding hydrogens is 498 g/mol. The zero-order chi connectivity index (χ0) is 27.5. The van der Waals surface area contributed by atoms with Crippen molar-refractivity contribution in [1.82, 2.24) is 10.2 Å². The molecule has 39 heavy (non-hydrogen) atoms. The highest BCUT2D eigenvalue weighted by molar-refractivity contribution is 5.91. The van der Waals surface area contributed by atoms with Crippen molar-refractivity contribution in [2.45, 2.75) is 70.6 Å². The van der Waals surface area contributed by atoms with E-state index < -0.39 is 18.3 Å². The number of rotatable bonds is 9. The normalized spacial score (nSPS) is 22.4. The molecule has 2 fully saturated rings. The predicted octanol–water partition coefficient (Wildman–Crippen LogP) is 4.68. The summed E-state index contributed by atoms with van der Waals surface area (Å²) in [4.78, 5) is 26.4. The molecule has 3 atom stereocenters. The monoisotopic (exact) mass is 539 g/mol. The number of likely N-dealkylation sites (tertiary alicyclic amines) is 1. The van der Waals surface area contributed by atoms with Gasteiger partial charge in [0.2, 0.25) is 0 Å². The summed E-state index contributed by atoms with van der Waals surface area (Å²) in [6.07, 6.45) is 6.25. The van der Waals surface area contributed by atoms with E-state index >= 15 is 0 Å². The molecule has 0 aliphatic carbocycles. The molecular formula is C30H41N3O6. The second-order valence-corrected chi connectivity index (χ2v) is 10.2. The van der Waals surface area contributed by atoms with Crippen molar-refractivity contribution in [2.75, 3.05) is 38.1 Å². The first-order valence-electron chi connectivity index (χ1n) is 14.1. The van der Waals surface area contributed by atoms with E-state index in [1.165, 1.54) is 32.1 Å². The van der Waals surface area contributed by atoms with Gasteiger partial charge in [-0.3, -0.25) is 4.79 Å². The number of carbonyl (C=O) groups is 2.